The molecule has 0 aromatic carbocycles. The van der Waals surface area contributed by atoms with Gasteiger partial charge in [0.1, 0.15) is 0 Å². The fraction of sp³-hybridized carbons (Fsp3) is 0.357. The highest BCUT2D eigenvalue weighted by atomic mass is 32.1. The zero-order valence-electron chi connectivity index (χ0n) is 10.0. The topological polar surface area (TPSA) is 12.9 Å². The van der Waals surface area contributed by atoms with Crippen LogP contribution in [0.1, 0.15) is 41.5 Å². The van der Waals surface area contributed by atoms with E-state index in [1.54, 1.807) is 0 Å². The fourth-order valence-corrected chi connectivity index (χ4v) is 2.56. The number of nitrogens with zero attached hydrogens (tertiary/aromatic N) is 1. The second-order valence-electron chi connectivity index (χ2n) is 4.50. The van der Waals surface area contributed by atoms with E-state index in [9.17, 15) is 0 Å². The molecule has 0 aliphatic heterocycles. The van der Waals surface area contributed by atoms with Crippen molar-refractivity contribution in [1.29, 1.82) is 0 Å². The summed E-state index contributed by atoms with van der Waals surface area (Å²) in [4.78, 5) is 5.79. The molecule has 0 bridgehead atoms. The van der Waals surface area contributed by atoms with Gasteiger partial charge >= 0.3 is 0 Å². The lowest BCUT2D eigenvalue weighted by molar-refractivity contribution is 0.888. The number of aromatic nitrogens is 1. The van der Waals surface area contributed by atoms with Gasteiger partial charge in [0.15, 0.2) is 0 Å². The van der Waals surface area contributed by atoms with E-state index in [1.807, 2.05) is 24.5 Å². The molecule has 2 heteroatoms. The Morgan fingerprint density at radius 1 is 1.25 bits per heavy atom. The average molecular weight is 231 g/mol. The molecule has 0 aliphatic carbocycles. The van der Waals surface area contributed by atoms with Gasteiger partial charge in [-0.15, -0.1) is 11.3 Å². The molecular formula is C14H17NS. The summed E-state index contributed by atoms with van der Waals surface area (Å²) in [6.45, 7) is 6.50. The number of thiophene rings is 1. The average Bonchev–Trinajstić information content (AvgIpc) is 2.70. The molecule has 2 aromatic rings. The number of aryl methyl sites for hydroxylation is 1. The lowest BCUT2D eigenvalue weighted by atomic mass is 10.1. The molecule has 0 atom stereocenters. The van der Waals surface area contributed by atoms with Gasteiger partial charge < -0.3 is 0 Å². The van der Waals surface area contributed by atoms with Gasteiger partial charge in [-0.1, -0.05) is 19.9 Å². The minimum atomic E-state index is 0.634. The van der Waals surface area contributed by atoms with Gasteiger partial charge in [0.05, 0.1) is 0 Å². The highest BCUT2D eigenvalue weighted by Gasteiger charge is 2.04. The van der Waals surface area contributed by atoms with Crippen LogP contribution in [0.3, 0.4) is 0 Å². The van der Waals surface area contributed by atoms with Crippen LogP contribution in [0.15, 0.2) is 29.8 Å². The summed E-state index contributed by atoms with van der Waals surface area (Å²) in [6.07, 6.45) is 2.97. The standard InChI is InChI=1S/C14H17NS/c1-10(2)14-7-13(9-16-14)6-12-5-4-11(3)15-8-12/h4-5,7-10H,6H2,1-3H3. The maximum atomic E-state index is 4.32. The van der Waals surface area contributed by atoms with Crippen LogP contribution in [0.25, 0.3) is 0 Å². The van der Waals surface area contributed by atoms with Gasteiger partial charge in [0.2, 0.25) is 0 Å². The maximum absolute atomic E-state index is 4.32. The van der Waals surface area contributed by atoms with Gasteiger partial charge in [-0.3, -0.25) is 4.98 Å². The van der Waals surface area contributed by atoms with Crippen molar-refractivity contribution in [3.05, 3.63) is 51.5 Å². The van der Waals surface area contributed by atoms with Gasteiger partial charge in [-0.05, 0) is 47.9 Å². The van der Waals surface area contributed by atoms with Crippen LogP contribution in [0.4, 0.5) is 0 Å². The third-order valence-electron chi connectivity index (χ3n) is 2.62. The van der Waals surface area contributed by atoms with Crippen LogP contribution in [0, 0.1) is 6.92 Å². The van der Waals surface area contributed by atoms with Crippen LogP contribution in [-0.4, -0.2) is 4.98 Å². The summed E-state index contributed by atoms with van der Waals surface area (Å²) in [5.74, 6) is 0.634. The summed E-state index contributed by atoms with van der Waals surface area (Å²) in [6, 6.07) is 6.55. The van der Waals surface area contributed by atoms with Crippen molar-refractivity contribution in [2.24, 2.45) is 0 Å². The van der Waals surface area contributed by atoms with Gasteiger partial charge in [0, 0.05) is 16.8 Å². The van der Waals surface area contributed by atoms with E-state index in [1.165, 1.54) is 16.0 Å². The molecular weight excluding hydrogens is 214 g/mol. The van der Waals surface area contributed by atoms with Crippen molar-refractivity contribution in [3.8, 4) is 0 Å². The van der Waals surface area contributed by atoms with Gasteiger partial charge in [0.25, 0.3) is 0 Å². The number of pyridine rings is 1. The first kappa shape index (κ1) is 11.3. The monoisotopic (exact) mass is 231 g/mol. The molecule has 1 nitrogen and oxygen atoms in total. The van der Waals surface area contributed by atoms with E-state index in [0.717, 1.165) is 12.1 Å². The number of hydrogen-bond acceptors (Lipinski definition) is 2. The second-order valence-corrected chi connectivity index (χ2v) is 5.44. The van der Waals surface area contributed by atoms with E-state index < -0.39 is 0 Å². The van der Waals surface area contributed by atoms with Gasteiger partial charge in [-0.25, -0.2) is 0 Å². The molecule has 0 spiro atoms. The molecule has 0 aliphatic rings. The second kappa shape index (κ2) is 4.79. The van der Waals surface area contributed by atoms with Crippen LogP contribution >= 0.6 is 11.3 Å². The molecule has 0 amide bonds. The molecule has 84 valence electrons. The first-order valence-electron chi connectivity index (χ1n) is 5.64. The van der Waals surface area contributed by atoms with Crippen LogP contribution in [0.5, 0.6) is 0 Å². The Balaban J connectivity index is 2.11. The zero-order valence-corrected chi connectivity index (χ0v) is 10.8. The third-order valence-corrected chi connectivity index (χ3v) is 3.91. The highest BCUT2D eigenvalue weighted by molar-refractivity contribution is 7.10. The summed E-state index contributed by atoms with van der Waals surface area (Å²) >= 11 is 1.86. The summed E-state index contributed by atoms with van der Waals surface area (Å²) in [5.41, 5.74) is 3.77. The molecule has 16 heavy (non-hydrogen) atoms. The smallest absolute Gasteiger partial charge is 0.0372 e. The molecule has 2 rings (SSSR count). The van der Waals surface area contributed by atoms with E-state index >= 15 is 0 Å². The zero-order chi connectivity index (χ0) is 11.5. The van der Waals surface area contributed by atoms with Crippen LogP contribution in [-0.2, 0) is 6.42 Å². The normalized spacial score (nSPS) is 11.0. The minimum absolute atomic E-state index is 0.634. The lowest BCUT2D eigenvalue weighted by Crippen LogP contribution is -1.88. The molecule has 0 saturated heterocycles. The number of rotatable bonds is 3. The van der Waals surface area contributed by atoms with Crippen molar-refractivity contribution in [3.63, 3.8) is 0 Å². The van der Waals surface area contributed by atoms with Crippen LogP contribution in [0.2, 0.25) is 0 Å². The Bertz CT molecular complexity index is 454. The Kier molecular flexibility index (Phi) is 3.39. The van der Waals surface area contributed by atoms with E-state index in [4.69, 9.17) is 0 Å². The minimum Gasteiger partial charge on any atom is -0.261 e. The quantitative estimate of drug-likeness (QED) is 0.772. The Morgan fingerprint density at radius 2 is 2.06 bits per heavy atom. The highest BCUT2D eigenvalue weighted by Crippen LogP contribution is 2.24. The predicted molar refractivity (Wildman–Crippen MR) is 70.2 cm³/mol. The largest absolute Gasteiger partial charge is 0.261 e. The van der Waals surface area contributed by atoms with Crippen LogP contribution < -0.4 is 0 Å². The molecule has 0 N–H and O–H groups in total. The first-order chi connectivity index (χ1) is 7.65. The number of hydrogen-bond donors (Lipinski definition) is 0. The summed E-state index contributed by atoms with van der Waals surface area (Å²) in [5, 5.41) is 2.26. The van der Waals surface area contributed by atoms with Crippen molar-refractivity contribution < 1.29 is 0 Å². The predicted octanol–water partition coefficient (Wildman–Crippen LogP) is 4.17. The molecule has 0 radical (unpaired) electrons. The molecule has 0 saturated carbocycles. The van der Waals surface area contributed by atoms with Crippen molar-refractivity contribution >= 4 is 11.3 Å². The maximum Gasteiger partial charge on any atom is 0.0372 e. The fourth-order valence-electron chi connectivity index (χ4n) is 1.63. The summed E-state index contributed by atoms with van der Waals surface area (Å²) in [7, 11) is 0. The van der Waals surface area contributed by atoms with E-state index in [-0.39, 0.29) is 0 Å². The first-order valence-corrected chi connectivity index (χ1v) is 6.52. The SMILES string of the molecule is Cc1ccc(Cc2csc(C(C)C)c2)cn1. The van der Waals surface area contributed by atoms with E-state index in [2.05, 4.69) is 42.4 Å². The Labute approximate surface area is 101 Å². The Hall–Kier alpha value is -1.15. The van der Waals surface area contributed by atoms with Crippen molar-refractivity contribution in [2.75, 3.05) is 0 Å². The molecule has 0 fully saturated rings. The molecule has 2 aromatic heterocycles. The third kappa shape index (κ3) is 2.70. The molecule has 0 unspecified atom stereocenters. The van der Waals surface area contributed by atoms with Crippen molar-refractivity contribution in [2.45, 2.75) is 33.1 Å². The lowest BCUT2D eigenvalue weighted by Gasteiger charge is -2.00. The molecule has 2 heterocycles. The van der Waals surface area contributed by atoms with E-state index in [0.29, 0.717) is 5.92 Å². The van der Waals surface area contributed by atoms with Crippen molar-refractivity contribution in [1.82, 2.24) is 4.98 Å². The Morgan fingerprint density at radius 3 is 2.62 bits per heavy atom. The van der Waals surface area contributed by atoms with Gasteiger partial charge in [-0.2, -0.15) is 0 Å². The summed E-state index contributed by atoms with van der Waals surface area (Å²) < 4.78 is 0.